The molecular formula is C16H17BrFN. The predicted molar refractivity (Wildman–Crippen MR) is 80.5 cm³/mol. The second-order valence-electron chi connectivity index (χ2n) is 4.75. The summed E-state index contributed by atoms with van der Waals surface area (Å²) in [6.07, 6.45) is 0. The summed E-state index contributed by atoms with van der Waals surface area (Å²) >= 11 is 3.57. The lowest BCUT2D eigenvalue weighted by molar-refractivity contribution is 0.564. The Hall–Kier alpha value is -1.19. The Morgan fingerprint density at radius 2 is 2.00 bits per heavy atom. The van der Waals surface area contributed by atoms with Gasteiger partial charge in [-0.15, -0.1) is 0 Å². The normalized spacial score (nSPS) is 12.4. The highest BCUT2D eigenvalue weighted by atomic mass is 79.9. The van der Waals surface area contributed by atoms with E-state index in [9.17, 15) is 4.39 Å². The van der Waals surface area contributed by atoms with Gasteiger partial charge in [0.1, 0.15) is 5.82 Å². The van der Waals surface area contributed by atoms with E-state index in [-0.39, 0.29) is 11.9 Å². The molecule has 0 amide bonds. The number of halogens is 2. The molecule has 0 bridgehead atoms. The van der Waals surface area contributed by atoms with Crippen molar-refractivity contribution < 1.29 is 4.39 Å². The molecule has 3 heteroatoms. The summed E-state index contributed by atoms with van der Waals surface area (Å²) in [6.45, 7) is 4.85. The van der Waals surface area contributed by atoms with E-state index >= 15 is 0 Å². The Labute approximate surface area is 122 Å². The van der Waals surface area contributed by atoms with Crippen molar-refractivity contribution in [1.29, 1.82) is 0 Å². The van der Waals surface area contributed by atoms with Crippen LogP contribution in [0, 0.1) is 12.7 Å². The van der Waals surface area contributed by atoms with Gasteiger partial charge in [-0.3, -0.25) is 0 Å². The van der Waals surface area contributed by atoms with Crippen molar-refractivity contribution in [1.82, 2.24) is 5.32 Å². The van der Waals surface area contributed by atoms with Gasteiger partial charge < -0.3 is 5.32 Å². The molecule has 0 fully saturated rings. The SMILES string of the molecule is Cc1ccc(CN[C@H](C)c2cccc(F)c2)c(Br)c1. The quantitative estimate of drug-likeness (QED) is 0.857. The van der Waals surface area contributed by atoms with Crippen LogP contribution in [-0.4, -0.2) is 0 Å². The Morgan fingerprint density at radius 3 is 2.68 bits per heavy atom. The number of benzene rings is 2. The summed E-state index contributed by atoms with van der Waals surface area (Å²) in [7, 11) is 0. The summed E-state index contributed by atoms with van der Waals surface area (Å²) in [5.41, 5.74) is 3.39. The molecule has 100 valence electrons. The van der Waals surface area contributed by atoms with Crippen LogP contribution in [0.3, 0.4) is 0 Å². The molecular weight excluding hydrogens is 305 g/mol. The second kappa shape index (κ2) is 6.31. The van der Waals surface area contributed by atoms with Crippen LogP contribution in [0.5, 0.6) is 0 Å². The molecule has 1 nitrogen and oxygen atoms in total. The third kappa shape index (κ3) is 3.88. The number of aryl methyl sites for hydroxylation is 1. The minimum Gasteiger partial charge on any atom is -0.306 e. The number of rotatable bonds is 4. The summed E-state index contributed by atoms with van der Waals surface area (Å²) < 4.78 is 14.3. The van der Waals surface area contributed by atoms with Gasteiger partial charge in [-0.25, -0.2) is 4.39 Å². The van der Waals surface area contributed by atoms with Gasteiger partial charge in [0.25, 0.3) is 0 Å². The first-order valence-corrected chi connectivity index (χ1v) is 7.09. The molecule has 0 unspecified atom stereocenters. The van der Waals surface area contributed by atoms with Crippen LogP contribution in [0.15, 0.2) is 46.9 Å². The fraction of sp³-hybridized carbons (Fsp3) is 0.250. The Kier molecular flexibility index (Phi) is 4.72. The van der Waals surface area contributed by atoms with E-state index in [1.54, 1.807) is 12.1 Å². The smallest absolute Gasteiger partial charge is 0.123 e. The zero-order valence-corrected chi connectivity index (χ0v) is 12.7. The van der Waals surface area contributed by atoms with E-state index < -0.39 is 0 Å². The highest BCUT2D eigenvalue weighted by molar-refractivity contribution is 9.10. The van der Waals surface area contributed by atoms with Gasteiger partial charge in [-0.1, -0.05) is 40.2 Å². The zero-order valence-electron chi connectivity index (χ0n) is 11.1. The molecule has 0 radical (unpaired) electrons. The molecule has 0 aliphatic carbocycles. The number of hydrogen-bond donors (Lipinski definition) is 1. The lowest BCUT2D eigenvalue weighted by Crippen LogP contribution is -2.18. The highest BCUT2D eigenvalue weighted by Crippen LogP contribution is 2.20. The first kappa shape index (κ1) is 14.2. The molecule has 0 saturated heterocycles. The minimum absolute atomic E-state index is 0.115. The van der Waals surface area contributed by atoms with E-state index in [4.69, 9.17) is 0 Å². The molecule has 19 heavy (non-hydrogen) atoms. The van der Waals surface area contributed by atoms with Crippen molar-refractivity contribution in [3.63, 3.8) is 0 Å². The van der Waals surface area contributed by atoms with Gasteiger partial charge in [-0.2, -0.15) is 0 Å². The van der Waals surface area contributed by atoms with Crippen LogP contribution in [-0.2, 0) is 6.54 Å². The van der Waals surface area contributed by atoms with Crippen molar-refractivity contribution in [2.75, 3.05) is 0 Å². The second-order valence-corrected chi connectivity index (χ2v) is 5.61. The maximum absolute atomic E-state index is 13.2. The molecule has 2 aromatic carbocycles. The first-order chi connectivity index (χ1) is 9.06. The van der Waals surface area contributed by atoms with Crippen molar-refractivity contribution in [3.8, 4) is 0 Å². The largest absolute Gasteiger partial charge is 0.306 e. The molecule has 0 saturated carbocycles. The third-order valence-electron chi connectivity index (χ3n) is 3.16. The van der Waals surface area contributed by atoms with Crippen molar-refractivity contribution in [2.24, 2.45) is 0 Å². The number of nitrogens with one attached hydrogen (secondary N) is 1. The fourth-order valence-electron chi connectivity index (χ4n) is 1.95. The maximum atomic E-state index is 13.2. The van der Waals surface area contributed by atoms with E-state index in [1.807, 2.05) is 13.0 Å². The fourth-order valence-corrected chi connectivity index (χ4v) is 2.59. The summed E-state index contributed by atoms with van der Waals surface area (Å²) in [6, 6.07) is 13.1. The molecule has 0 spiro atoms. The van der Waals surface area contributed by atoms with Crippen LogP contribution in [0.25, 0.3) is 0 Å². The van der Waals surface area contributed by atoms with Gasteiger partial charge in [0.05, 0.1) is 0 Å². The lowest BCUT2D eigenvalue weighted by Gasteiger charge is -2.15. The van der Waals surface area contributed by atoms with Crippen LogP contribution in [0.4, 0.5) is 4.39 Å². The average molecular weight is 322 g/mol. The molecule has 2 aromatic rings. The van der Waals surface area contributed by atoms with E-state index in [1.165, 1.54) is 17.2 Å². The van der Waals surface area contributed by atoms with Crippen LogP contribution >= 0.6 is 15.9 Å². The van der Waals surface area contributed by atoms with Gasteiger partial charge in [-0.05, 0) is 48.7 Å². The Morgan fingerprint density at radius 1 is 1.21 bits per heavy atom. The molecule has 1 N–H and O–H groups in total. The summed E-state index contributed by atoms with van der Waals surface area (Å²) in [5.74, 6) is -0.192. The summed E-state index contributed by atoms with van der Waals surface area (Å²) in [4.78, 5) is 0. The van der Waals surface area contributed by atoms with Crippen molar-refractivity contribution in [2.45, 2.75) is 26.4 Å². The molecule has 1 atom stereocenters. The summed E-state index contributed by atoms with van der Waals surface area (Å²) in [5, 5.41) is 3.41. The highest BCUT2D eigenvalue weighted by Gasteiger charge is 2.07. The molecule has 0 heterocycles. The topological polar surface area (TPSA) is 12.0 Å². The standard InChI is InChI=1S/C16H17BrFN/c1-11-6-7-14(16(17)8-11)10-19-12(2)13-4-3-5-15(18)9-13/h3-9,12,19H,10H2,1-2H3/t12-/m1/s1. The zero-order chi connectivity index (χ0) is 13.8. The lowest BCUT2D eigenvalue weighted by atomic mass is 10.1. The molecule has 0 aromatic heterocycles. The number of hydrogen-bond acceptors (Lipinski definition) is 1. The molecule has 0 aliphatic rings. The van der Waals surface area contributed by atoms with Crippen LogP contribution in [0.2, 0.25) is 0 Å². The van der Waals surface area contributed by atoms with Crippen LogP contribution < -0.4 is 5.32 Å². The van der Waals surface area contributed by atoms with Crippen molar-refractivity contribution in [3.05, 3.63) is 69.4 Å². The van der Waals surface area contributed by atoms with E-state index in [0.717, 1.165) is 16.6 Å². The molecule has 2 rings (SSSR count). The Bertz CT molecular complexity index is 568. The minimum atomic E-state index is -0.192. The van der Waals surface area contributed by atoms with E-state index in [0.29, 0.717) is 0 Å². The Balaban J connectivity index is 2.02. The van der Waals surface area contributed by atoms with Gasteiger partial charge >= 0.3 is 0 Å². The molecule has 0 aliphatic heterocycles. The van der Waals surface area contributed by atoms with Gasteiger partial charge in [0.2, 0.25) is 0 Å². The van der Waals surface area contributed by atoms with E-state index in [2.05, 4.69) is 46.4 Å². The average Bonchev–Trinajstić information content (AvgIpc) is 2.37. The maximum Gasteiger partial charge on any atom is 0.123 e. The third-order valence-corrected chi connectivity index (χ3v) is 3.89. The van der Waals surface area contributed by atoms with Gasteiger partial charge in [0, 0.05) is 17.1 Å². The van der Waals surface area contributed by atoms with Gasteiger partial charge in [0.15, 0.2) is 0 Å². The van der Waals surface area contributed by atoms with Crippen molar-refractivity contribution >= 4 is 15.9 Å². The monoisotopic (exact) mass is 321 g/mol. The predicted octanol–water partition coefficient (Wildman–Crippen LogP) is 4.75. The first-order valence-electron chi connectivity index (χ1n) is 6.30. The van der Waals surface area contributed by atoms with Crippen LogP contribution in [0.1, 0.15) is 29.7 Å².